The van der Waals surface area contributed by atoms with Crippen LogP contribution in [0.3, 0.4) is 0 Å². The third-order valence-corrected chi connectivity index (χ3v) is 3.23. The van der Waals surface area contributed by atoms with E-state index in [0.29, 0.717) is 12.8 Å². The third kappa shape index (κ3) is 2.39. The van der Waals surface area contributed by atoms with Crippen LogP contribution in [0.25, 0.3) is 0 Å². The van der Waals surface area contributed by atoms with Crippen molar-refractivity contribution in [3.8, 4) is 0 Å². The summed E-state index contributed by atoms with van der Waals surface area (Å²) < 4.78 is 0. The van der Waals surface area contributed by atoms with Crippen molar-refractivity contribution in [1.29, 1.82) is 0 Å². The Labute approximate surface area is 94.1 Å². The lowest BCUT2D eigenvalue weighted by Gasteiger charge is -2.09. The number of aliphatic hydroxyl groups is 1. The van der Waals surface area contributed by atoms with Gasteiger partial charge in [0.15, 0.2) is 0 Å². The van der Waals surface area contributed by atoms with Crippen molar-refractivity contribution in [1.82, 2.24) is 0 Å². The maximum Gasteiger partial charge on any atom is 0.269 e. The summed E-state index contributed by atoms with van der Waals surface area (Å²) in [6, 6.07) is 4.90. The molecule has 16 heavy (non-hydrogen) atoms. The van der Waals surface area contributed by atoms with Gasteiger partial charge in [-0.15, -0.1) is 0 Å². The Balaban J connectivity index is 2.12. The van der Waals surface area contributed by atoms with Crippen molar-refractivity contribution in [2.24, 2.45) is 0 Å². The molecule has 1 fully saturated rings. The van der Waals surface area contributed by atoms with Gasteiger partial charge in [0.05, 0.1) is 10.5 Å². The second-order valence-corrected chi connectivity index (χ2v) is 4.59. The zero-order chi connectivity index (χ0) is 11.8. The van der Waals surface area contributed by atoms with Gasteiger partial charge < -0.3 is 5.11 Å². The zero-order valence-electron chi connectivity index (χ0n) is 9.27. The highest BCUT2D eigenvalue weighted by atomic mass is 16.6. The van der Waals surface area contributed by atoms with Gasteiger partial charge in [0.1, 0.15) is 0 Å². The molecule has 0 heterocycles. The summed E-state index contributed by atoms with van der Waals surface area (Å²) in [7, 11) is 0. The average Bonchev–Trinajstić information content (AvgIpc) is 2.95. The van der Waals surface area contributed by atoms with E-state index in [0.717, 1.165) is 24.0 Å². The van der Waals surface area contributed by atoms with Crippen LogP contribution >= 0.6 is 0 Å². The lowest BCUT2D eigenvalue weighted by molar-refractivity contribution is -0.384. The lowest BCUT2D eigenvalue weighted by Crippen LogP contribution is -2.08. The summed E-state index contributed by atoms with van der Waals surface area (Å²) in [5, 5.41) is 20.4. The van der Waals surface area contributed by atoms with Crippen molar-refractivity contribution in [2.75, 3.05) is 0 Å². The predicted octanol–water partition coefficient (Wildman–Crippen LogP) is 2.36. The SMILES string of the molecule is Cc1ccc([N+](=O)[O-])cc1CCC1(O)CC1. The third-order valence-electron chi connectivity index (χ3n) is 3.23. The number of nitrogens with zero attached hydrogens (tertiary/aromatic N) is 1. The van der Waals surface area contributed by atoms with Gasteiger partial charge in [-0.05, 0) is 43.7 Å². The van der Waals surface area contributed by atoms with Crippen molar-refractivity contribution in [3.05, 3.63) is 39.4 Å². The van der Waals surface area contributed by atoms with E-state index in [9.17, 15) is 15.2 Å². The summed E-state index contributed by atoms with van der Waals surface area (Å²) >= 11 is 0. The molecular formula is C12H15NO3. The van der Waals surface area contributed by atoms with Crippen LogP contribution in [0.5, 0.6) is 0 Å². The standard InChI is InChI=1S/C12H15NO3/c1-9-2-3-11(13(15)16)8-10(9)4-5-12(14)6-7-12/h2-3,8,14H,4-7H2,1H3. The Morgan fingerprint density at radius 3 is 2.75 bits per heavy atom. The second-order valence-electron chi connectivity index (χ2n) is 4.59. The largest absolute Gasteiger partial charge is 0.390 e. The van der Waals surface area contributed by atoms with E-state index in [-0.39, 0.29) is 10.6 Å². The molecule has 1 saturated carbocycles. The Hall–Kier alpha value is -1.42. The molecule has 0 amide bonds. The van der Waals surface area contributed by atoms with Crippen LogP contribution in [-0.2, 0) is 6.42 Å². The van der Waals surface area contributed by atoms with Crippen molar-refractivity contribution in [2.45, 2.75) is 38.2 Å². The van der Waals surface area contributed by atoms with Gasteiger partial charge in [-0.25, -0.2) is 0 Å². The van der Waals surface area contributed by atoms with Crippen LogP contribution in [0.2, 0.25) is 0 Å². The maximum absolute atomic E-state index is 10.6. The van der Waals surface area contributed by atoms with E-state index in [1.807, 2.05) is 6.92 Å². The Morgan fingerprint density at radius 1 is 1.50 bits per heavy atom. The Bertz CT molecular complexity index is 424. The minimum Gasteiger partial charge on any atom is -0.390 e. The number of hydrogen-bond donors (Lipinski definition) is 1. The number of nitro benzene ring substituents is 1. The Kier molecular flexibility index (Phi) is 2.68. The predicted molar refractivity (Wildman–Crippen MR) is 60.3 cm³/mol. The van der Waals surface area contributed by atoms with Crippen LogP contribution in [0.15, 0.2) is 18.2 Å². The molecule has 1 aromatic carbocycles. The molecular weight excluding hydrogens is 206 g/mol. The van der Waals surface area contributed by atoms with Gasteiger partial charge in [0, 0.05) is 12.1 Å². The van der Waals surface area contributed by atoms with E-state index in [1.54, 1.807) is 12.1 Å². The smallest absolute Gasteiger partial charge is 0.269 e. The number of aryl methyl sites for hydroxylation is 2. The van der Waals surface area contributed by atoms with Crippen molar-refractivity contribution in [3.63, 3.8) is 0 Å². The van der Waals surface area contributed by atoms with Gasteiger partial charge in [0.2, 0.25) is 0 Å². The molecule has 0 aliphatic heterocycles. The van der Waals surface area contributed by atoms with Gasteiger partial charge in [-0.2, -0.15) is 0 Å². The molecule has 1 N–H and O–H groups in total. The molecule has 0 spiro atoms. The van der Waals surface area contributed by atoms with Crippen LogP contribution in [0, 0.1) is 17.0 Å². The molecule has 1 aromatic rings. The van der Waals surface area contributed by atoms with Gasteiger partial charge in [0.25, 0.3) is 5.69 Å². The van der Waals surface area contributed by atoms with E-state index in [4.69, 9.17) is 0 Å². The quantitative estimate of drug-likeness (QED) is 0.627. The summed E-state index contributed by atoms with van der Waals surface area (Å²) in [6.07, 6.45) is 3.14. The number of non-ortho nitro benzene ring substituents is 1. The highest BCUT2D eigenvalue weighted by molar-refractivity contribution is 5.39. The molecule has 0 atom stereocenters. The molecule has 0 saturated heterocycles. The average molecular weight is 221 g/mol. The molecule has 0 aromatic heterocycles. The highest BCUT2D eigenvalue weighted by Crippen LogP contribution is 2.39. The fourth-order valence-electron chi connectivity index (χ4n) is 1.80. The molecule has 0 bridgehead atoms. The summed E-state index contributed by atoms with van der Waals surface area (Å²) in [5.74, 6) is 0. The topological polar surface area (TPSA) is 63.4 Å². The first-order valence-corrected chi connectivity index (χ1v) is 5.46. The van der Waals surface area contributed by atoms with Crippen LogP contribution in [-0.4, -0.2) is 15.6 Å². The van der Waals surface area contributed by atoms with Gasteiger partial charge in [-0.3, -0.25) is 10.1 Å². The lowest BCUT2D eigenvalue weighted by atomic mass is 10.0. The van der Waals surface area contributed by atoms with E-state index < -0.39 is 5.60 Å². The molecule has 0 radical (unpaired) electrons. The van der Waals surface area contributed by atoms with Gasteiger partial charge >= 0.3 is 0 Å². The van der Waals surface area contributed by atoms with E-state index in [2.05, 4.69) is 0 Å². The number of benzene rings is 1. The fraction of sp³-hybridized carbons (Fsp3) is 0.500. The number of rotatable bonds is 4. The molecule has 0 unspecified atom stereocenters. The van der Waals surface area contributed by atoms with Crippen LogP contribution < -0.4 is 0 Å². The second kappa shape index (κ2) is 3.87. The Morgan fingerprint density at radius 2 is 2.19 bits per heavy atom. The highest BCUT2D eigenvalue weighted by Gasteiger charge is 2.39. The zero-order valence-corrected chi connectivity index (χ0v) is 9.27. The summed E-state index contributed by atoms with van der Waals surface area (Å²) in [5.41, 5.74) is 1.66. The first kappa shape index (κ1) is 11.1. The molecule has 86 valence electrons. The van der Waals surface area contributed by atoms with Crippen molar-refractivity contribution < 1.29 is 10.0 Å². The maximum atomic E-state index is 10.6. The molecule has 1 aliphatic carbocycles. The normalized spacial score (nSPS) is 17.1. The molecule has 4 heteroatoms. The molecule has 1 aliphatic rings. The first-order chi connectivity index (χ1) is 7.50. The molecule has 2 rings (SSSR count). The summed E-state index contributed by atoms with van der Waals surface area (Å²) in [6.45, 7) is 1.94. The van der Waals surface area contributed by atoms with Crippen molar-refractivity contribution >= 4 is 5.69 Å². The van der Waals surface area contributed by atoms with Crippen LogP contribution in [0.4, 0.5) is 5.69 Å². The molecule has 4 nitrogen and oxygen atoms in total. The van der Waals surface area contributed by atoms with Crippen LogP contribution in [0.1, 0.15) is 30.4 Å². The summed E-state index contributed by atoms with van der Waals surface area (Å²) in [4.78, 5) is 10.3. The van der Waals surface area contributed by atoms with E-state index in [1.165, 1.54) is 6.07 Å². The minimum atomic E-state index is -0.489. The monoisotopic (exact) mass is 221 g/mol. The minimum absolute atomic E-state index is 0.128. The number of hydrogen-bond acceptors (Lipinski definition) is 3. The van der Waals surface area contributed by atoms with E-state index >= 15 is 0 Å². The first-order valence-electron chi connectivity index (χ1n) is 5.46. The van der Waals surface area contributed by atoms with Gasteiger partial charge in [-0.1, -0.05) is 6.07 Å². The fourth-order valence-corrected chi connectivity index (χ4v) is 1.80. The number of nitro groups is 1.